The van der Waals surface area contributed by atoms with Crippen LogP contribution in [0.4, 0.5) is 5.13 Å². The number of hydrogen-bond acceptors (Lipinski definition) is 7. The van der Waals surface area contributed by atoms with Crippen molar-refractivity contribution in [3.8, 4) is 11.4 Å². The molecule has 3 aromatic heterocycles. The highest BCUT2D eigenvalue weighted by atomic mass is 35.5. The summed E-state index contributed by atoms with van der Waals surface area (Å²) in [5, 5.41) is 0.905. The normalized spacial score (nSPS) is 15.2. The minimum Gasteiger partial charge on any atom is -0.378 e. The van der Waals surface area contributed by atoms with Gasteiger partial charge in [0.2, 0.25) is 0 Å². The van der Waals surface area contributed by atoms with Crippen LogP contribution in [-0.2, 0) is 4.74 Å². The van der Waals surface area contributed by atoms with Gasteiger partial charge < -0.3 is 14.2 Å². The van der Waals surface area contributed by atoms with Crippen molar-refractivity contribution in [2.45, 2.75) is 39.7 Å². The van der Waals surface area contributed by atoms with Gasteiger partial charge in [-0.25, -0.2) is 19.9 Å². The van der Waals surface area contributed by atoms with Gasteiger partial charge in [0.05, 0.1) is 25.2 Å². The fourth-order valence-corrected chi connectivity index (χ4v) is 4.62. The second-order valence-electron chi connectivity index (χ2n) is 6.65. The quantitative estimate of drug-likeness (QED) is 0.635. The van der Waals surface area contributed by atoms with E-state index < -0.39 is 0 Å². The first kappa shape index (κ1) is 18.6. The largest absolute Gasteiger partial charge is 0.378 e. The molecule has 1 fully saturated rings. The maximum atomic E-state index is 6.53. The van der Waals surface area contributed by atoms with Crippen molar-refractivity contribution in [3.63, 3.8) is 0 Å². The minimum atomic E-state index is 0.380. The molecule has 0 spiro atoms. The highest BCUT2D eigenvalue weighted by Crippen LogP contribution is 2.37. The van der Waals surface area contributed by atoms with Gasteiger partial charge in [-0.2, -0.15) is 0 Å². The Kier molecular flexibility index (Phi) is 5.29. The van der Waals surface area contributed by atoms with E-state index in [1.54, 1.807) is 0 Å². The van der Waals surface area contributed by atoms with Gasteiger partial charge in [-0.1, -0.05) is 36.8 Å². The molecule has 1 aliphatic heterocycles. The predicted molar refractivity (Wildman–Crippen MR) is 109 cm³/mol. The maximum absolute atomic E-state index is 6.53. The number of halogens is 1. The van der Waals surface area contributed by atoms with E-state index in [0.717, 1.165) is 42.4 Å². The van der Waals surface area contributed by atoms with Gasteiger partial charge in [0.1, 0.15) is 15.7 Å². The molecule has 0 unspecified atom stereocenters. The van der Waals surface area contributed by atoms with Gasteiger partial charge in [0.25, 0.3) is 0 Å². The van der Waals surface area contributed by atoms with E-state index in [9.17, 15) is 0 Å². The number of morpholine rings is 1. The zero-order valence-electron chi connectivity index (χ0n) is 15.8. The van der Waals surface area contributed by atoms with Crippen molar-refractivity contribution in [1.82, 2.24) is 24.5 Å². The minimum absolute atomic E-state index is 0.380. The van der Waals surface area contributed by atoms with Crippen LogP contribution < -0.4 is 4.90 Å². The summed E-state index contributed by atoms with van der Waals surface area (Å²) < 4.78 is 8.18. The van der Waals surface area contributed by atoms with Crippen molar-refractivity contribution in [2.75, 3.05) is 31.2 Å². The molecule has 0 amide bonds. The number of fused-ring (bicyclic) bond motifs is 1. The molecule has 4 heterocycles. The van der Waals surface area contributed by atoms with Crippen molar-refractivity contribution in [3.05, 3.63) is 16.4 Å². The van der Waals surface area contributed by atoms with Crippen LogP contribution in [0.3, 0.4) is 0 Å². The Morgan fingerprint density at radius 3 is 2.59 bits per heavy atom. The van der Waals surface area contributed by atoms with Gasteiger partial charge in [-0.15, -0.1) is 0 Å². The van der Waals surface area contributed by atoms with Crippen molar-refractivity contribution in [1.29, 1.82) is 0 Å². The predicted octanol–water partition coefficient (Wildman–Crippen LogP) is 4.11. The lowest BCUT2D eigenvalue weighted by atomic mass is 10.2. The molecule has 0 aliphatic carbocycles. The van der Waals surface area contributed by atoms with Crippen LogP contribution in [0.25, 0.3) is 22.7 Å². The van der Waals surface area contributed by atoms with Crippen LogP contribution in [-0.4, -0.2) is 50.8 Å². The molecule has 27 heavy (non-hydrogen) atoms. The molecule has 0 bridgehead atoms. The third-order valence-electron chi connectivity index (χ3n) is 5.00. The molecular weight excluding hydrogens is 384 g/mol. The summed E-state index contributed by atoms with van der Waals surface area (Å²) >= 11 is 8.01. The Balaban J connectivity index is 1.74. The highest BCUT2D eigenvalue weighted by molar-refractivity contribution is 7.20. The van der Waals surface area contributed by atoms with Gasteiger partial charge >= 0.3 is 0 Å². The topological polar surface area (TPSA) is 69.0 Å². The molecule has 4 rings (SSSR count). The molecule has 1 saturated heterocycles. The molecule has 144 valence electrons. The van der Waals surface area contributed by atoms with Gasteiger partial charge in [0, 0.05) is 19.1 Å². The summed E-state index contributed by atoms with van der Waals surface area (Å²) in [6, 6.07) is 0.380. The molecule has 1 aliphatic rings. The second-order valence-corrected chi connectivity index (χ2v) is 8.22. The van der Waals surface area contributed by atoms with Crippen molar-refractivity contribution >= 4 is 39.4 Å². The monoisotopic (exact) mass is 406 g/mol. The first-order valence-electron chi connectivity index (χ1n) is 9.32. The second kappa shape index (κ2) is 7.69. The maximum Gasteiger partial charge on any atom is 0.198 e. The Bertz CT molecular complexity index is 945. The smallest absolute Gasteiger partial charge is 0.198 e. The molecule has 0 saturated carbocycles. The first-order valence-corrected chi connectivity index (χ1v) is 10.5. The molecule has 9 heteroatoms. The summed E-state index contributed by atoms with van der Waals surface area (Å²) in [7, 11) is 0. The Hall–Kier alpha value is -1.77. The Labute approximate surface area is 167 Å². The van der Waals surface area contributed by atoms with Crippen molar-refractivity contribution in [2.24, 2.45) is 0 Å². The highest BCUT2D eigenvalue weighted by Gasteiger charge is 2.22. The molecule has 3 aromatic rings. The van der Waals surface area contributed by atoms with Crippen LogP contribution in [0.2, 0.25) is 4.34 Å². The van der Waals surface area contributed by atoms with Crippen LogP contribution in [0.15, 0.2) is 6.33 Å². The third-order valence-corrected chi connectivity index (χ3v) is 6.31. The van der Waals surface area contributed by atoms with Gasteiger partial charge in [-0.05, 0) is 19.8 Å². The lowest BCUT2D eigenvalue weighted by Crippen LogP contribution is -2.36. The molecule has 0 atom stereocenters. The average molecular weight is 407 g/mol. The van der Waals surface area contributed by atoms with E-state index in [1.807, 2.05) is 13.3 Å². The number of nitrogens with zero attached hydrogens (tertiary/aromatic N) is 6. The zero-order valence-corrected chi connectivity index (χ0v) is 17.3. The van der Waals surface area contributed by atoms with E-state index in [1.165, 1.54) is 11.3 Å². The van der Waals surface area contributed by atoms with Crippen LogP contribution in [0.5, 0.6) is 0 Å². The van der Waals surface area contributed by atoms with Crippen LogP contribution >= 0.6 is 22.9 Å². The summed E-state index contributed by atoms with van der Waals surface area (Å²) in [4.78, 5) is 21.0. The molecule has 0 N–H and O–H groups in total. The van der Waals surface area contributed by atoms with Gasteiger partial charge in [-0.3, -0.25) is 0 Å². The molecular formula is C18H23ClN6OS. The van der Waals surface area contributed by atoms with Crippen molar-refractivity contribution < 1.29 is 4.74 Å². The van der Waals surface area contributed by atoms with E-state index in [-0.39, 0.29) is 0 Å². The standard InChI is InChI=1S/C18H23ClN6OS/c1-4-12(5-2)25-10-20-16-17(25)21-11(3)13(22-16)14-15(19)27-18(23-14)24-6-8-26-9-7-24/h10,12H,4-9H2,1-3H3. The van der Waals surface area contributed by atoms with Crippen LogP contribution in [0.1, 0.15) is 38.4 Å². The van der Waals surface area contributed by atoms with E-state index >= 15 is 0 Å². The summed E-state index contributed by atoms with van der Waals surface area (Å²) in [5.74, 6) is 0. The lowest BCUT2D eigenvalue weighted by molar-refractivity contribution is 0.122. The van der Waals surface area contributed by atoms with Gasteiger partial charge in [0.15, 0.2) is 16.4 Å². The lowest BCUT2D eigenvalue weighted by Gasteiger charge is -2.25. The first-order chi connectivity index (χ1) is 13.1. The molecule has 0 aromatic carbocycles. The summed E-state index contributed by atoms with van der Waals surface area (Å²) in [6.45, 7) is 9.39. The number of ether oxygens (including phenoxy) is 1. The Morgan fingerprint density at radius 2 is 1.89 bits per heavy atom. The third kappa shape index (κ3) is 3.41. The fraction of sp³-hybridized carbons (Fsp3) is 0.556. The number of rotatable bonds is 5. The Morgan fingerprint density at radius 1 is 1.15 bits per heavy atom. The zero-order chi connectivity index (χ0) is 19.0. The van der Waals surface area contributed by atoms with E-state index in [4.69, 9.17) is 31.3 Å². The number of anilines is 1. The van der Waals surface area contributed by atoms with Crippen LogP contribution in [0, 0.1) is 6.92 Å². The van der Waals surface area contributed by atoms with E-state index in [0.29, 0.717) is 40.6 Å². The molecule has 0 radical (unpaired) electrons. The van der Waals surface area contributed by atoms with E-state index in [2.05, 4.69) is 28.3 Å². The summed E-state index contributed by atoms with van der Waals surface area (Å²) in [5.41, 5.74) is 3.67. The number of aryl methyl sites for hydroxylation is 1. The number of aromatic nitrogens is 5. The SMILES string of the molecule is CCC(CC)n1cnc2nc(-c3nc(N4CCOCC4)sc3Cl)c(C)nc21. The number of thiazole rings is 1. The number of imidazole rings is 1. The average Bonchev–Trinajstić information content (AvgIpc) is 3.27. The summed E-state index contributed by atoms with van der Waals surface area (Å²) in [6.07, 6.45) is 3.91. The fourth-order valence-electron chi connectivity index (χ4n) is 3.43. The molecule has 7 nitrogen and oxygen atoms in total. The number of hydrogen-bond donors (Lipinski definition) is 0.